The van der Waals surface area contributed by atoms with Crippen LogP contribution in [0.5, 0.6) is 0 Å². The molecule has 1 aliphatic carbocycles. The van der Waals surface area contributed by atoms with Crippen molar-refractivity contribution >= 4 is 52.7 Å². The van der Waals surface area contributed by atoms with E-state index in [9.17, 15) is 24.4 Å². The molecule has 2 aliphatic rings. The van der Waals surface area contributed by atoms with Crippen molar-refractivity contribution in [3.8, 4) is 11.1 Å². The van der Waals surface area contributed by atoms with Crippen LogP contribution in [0.2, 0.25) is 10.2 Å². The zero-order valence-electron chi connectivity index (χ0n) is 35.2. The van der Waals surface area contributed by atoms with Gasteiger partial charge < -0.3 is 14.4 Å². The summed E-state index contributed by atoms with van der Waals surface area (Å²) in [7, 11) is 0. The van der Waals surface area contributed by atoms with Gasteiger partial charge in [-0.1, -0.05) is 97.4 Å². The summed E-state index contributed by atoms with van der Waals surface area (Å²) in [5.41, 5.74) is 4.80. The Balaban J connectivity index is 1.26. The Labute approximate surface area is 367 Å². The van der Waals surface area contributed by atoms with Gasteiger partial charge in [0, 0.05) is 61.9 Å². The van der Waals surface area contributed by atoms with Crippen molar-refractivity contribution in [2.75, 3.05) is 19.7 Å². The highest BCUT2D eigenvalue weighted by Crippen LogP contribution is 2.44. The van der Waals surface area contributed by atoms with Crippen LogP contribution in [-0.4, -0.2) is 81.9 Å². The molecule has 3 aromatic carbocycles. The van der Waals surface area contributed by atoms with Gasteiger partial charge in [-0.15, -0.1) is 0 Å². The molecule has 322 valence electrons. The molecule has 1 aromatic heterocycles. The molecule has 0 radical (unpaired) electrons. The maximum absolute atomic E-state index is 15.0. The Bertz CT molecular complexity index is 2200. The number of nitrogens with zero attached hydrogens (tertiary/aromatic N) is 3. The van der Waals surface area contributed by atoms with Crippen LogP contribution in [0.4, 0.5) is 4.79 Å². The van der Waals surface area contributed by atoms with Crippen molar-refractivity contribution in [1.82, 2.24) is 9.80 Å². The number of pyridine rings is 1. The fourth-order valence-corrected chi connectivity index (χ4v) is 8.66. The third-order valence-corrected chi connectivity index (χ3v) is 12.1. The standard InChI is InChI=1S/C48H54Cl2N3O8/c1-31-28-42(52(29-31)47(58)60-30-39-37-16-10-8-14-35(37)36-15-9-11-17-38(36)39)46(57)51(27-26-34(54)21-18-32-12-6-5-7-13-32)41(23-25-44(56)61-48(2,3)4)43(55)24-20-33-19-22-40(49)45(50)53(33)59/h5-17,19,22,31,39,41-42,59H,18,20-21,23-30H2,1-4H3/q+1/t31-,41-,42+/m1/s1. The molecule has 11 nitrogen and oxygen atoms in total. The van der Waals surface area contributed by atoms with Gasteiger partial charge in [-0.25, -0.2) is 4.79 Å². The summed E-state index contributed by atoms with van der Waals surface area (Å²) < 4.78 is 12.3. The average Bonchev–Trinajstić information content (AvgIpc) is 3.79. The van der Waals surface area contributed by atoms with Crippen molar-refractivity contribution in [3.63, 3.8) is 0 Å². The zero-order valence-corrected chi connectivity index (χ0v) is 36.7. The third-order valence-electron chi connectivity index (χ3n) is 11.3. The molecule has 2 amide bonds. The van der Waals surface area contributed by atoms with E-state index in [-0.39, 0.29) is 86.0 Å². The minimum Gasteiger partial charge on any atom is -0.460 e. The lowest BCUT2D eigenvalue weighted by atomic mass is 9.97. The Morgan fingerprint density at radius 3 is 2.13 bits per heavy atom. The van der Waals surface area contributed by atoms with Crippen LogP contribution in [0.3, 0.4) is 0 Å². The van der Waals surface area contributed by atoms with E-state index >= 15 is 4.79 Å². The second-order valence-electron chi connectivity index (χ2n) is 17.0. The van der Waals surface area contributed by atoms with Crippen molar-refractivity contribution in [2.24, 2.45) is 5.92 Å². The van der Waals surface area contributed by atoms with E-state index in [1.807, 2.05) is 73.7 Å². The topological polar surface area (TPSA) is 134 Å². The Kier molecular flexibility index (Phi) is 14.9. The van der Waals surface area contributed by atoms with Crippen molar-refractivity contribution < 1.29 is 43.4 Å². The SMILES string of the molecule is C[C@@H]1C[C@@H](C(=O)N(CCC(=O)CCc2ccccc2)[C@H](CCC(=O)OC(C)(C)C)C(=O)CCc2ccc(Cl)c(Cl)[n+]2O)N(C(=O)OCC2c3ccccc3-c3ccccc32)C1. The smallest absolute Gasteiger partial charge is 0.410 e. The maximum Gasteiger partial charge on any atom is 0.410 e. The zero-order chi connectivity index (χ0) is 43.8. The van der Waals surface area contributed by atoms with Gasteiger partial charge in [0.2, 0.25) is 11.6 Å². The number of likely N-dealkylation sites (tertiary alicyclic amines) is 1. The molecule has 1 N–H and O–H groups in total. The highest BCUT2D eigenvalue weighted by atomic mass is 35.5. The van der Waals surface area contributed by atoms with E-state index in [1.54, 1.807) is 20.8 Å². The van der Waals surface area contributed by atoms with E-state index in [1.165, 1.54) is 21.9 Å². The van der Waals surface area contributed by atoms with Crippen LogP contribution in [0.25, 0.3) is 11.1 Å². The number of aromatic nitrogens is 1. The number of ketones is 2. The second kappa shape index (κ2) is 20.1. The Morgan fingerprint density at radius 2 is 1.48 bits per heavy atom. The molecule has 3 atom stereocenters. The predicted octanol–water partition coefficient (Wildman–Crippen LogP) is 8.59. The van der Waals surface area contributed by atoms with Crippen LogP contribution < -0.4 is 4.73 Å². The van der Waals surface area contributed by atoms with Crippen molar-refractivity contribution in [1.29, 1.82) is 0 Å². The van der Waals surface area contributed by atoms with E-state index in [2.05, 4.69) is 12.1 Å². The van der Waals surface area contributed by atoms with E-state index in [4.69, 9.17) is 32.7 Å². The number of fused-ring (bicyclic) bond motifs is 3. The highest BCUT2D eigenvalue weighted by Gasteiger charge is 2.44. The second-order valence-corrected chi connectivity index (χ2v) is 17.8. The first-order valence-corrected chi connectivity index (χ1v) is 21.7. The van der Waals surface area contributed by atoms with Crippen LogP contribution in [0.1, 0.15) is 94.5 Å². The van der Waals surface area contributed by atoms with Crippen LogP contribution in [0.15, 0.2) is 91.0 Å². The first-order chi connectivity index (χ1) is 29.1. The van der Waals surface area contributed by atoms with Gasteiger partial charge in [0.15, 0.2) is 5.78 Å². The number of esters is 1. The number of hydrogen-bond acceptors (Lipinski definition) is 8. The number of rotatable bonds is 17. The maximum atomic E-state index is 15.0. The predicted molar refractivity (Wildman–Crippen MR) is 231 cm³/mol. The number of halogens is 2. The lowest BCUT2D eigenvalue weighted by Crippen LogP contribution is -2.54. The molecule has 4 aromatic rings. The number of carbonyl (C=O) groups is 5. The summed E-state index contributed by atoms with van der Waals surface area (Å²) in [4.78, 5) is 73.0. The van der Waals surface area contributed by atoms with Crippen molar-refractivity contribution in [3.05, 3.63) is 124 Å². The third kappa shape index (κ3) is 11.4. The van der Waals surface area contributed by atoms with Crippen LogP contribution in [-0.2, 0) is 41.5 Å². The molecule has 0 saturated carbocycles. The molecule has 0 bridgehead atoms. The van der Waals surface area contributed by atoms with Gasteiger partial charge in [0.1, 0.15) is 29.1 Å². The number of amides is 2. The molecular formula is C48H54Cl2N3O8+. The molecule has 0 unspecified atom stereocenters. The van der Waals surface area contributed by atoms with E-state index in [0.717, 1.165) is 27.8 Å². The molecule has 61 heavy (non-hydrogen) atoms. The van der Waals surface area contributed by atoms with Crippen LogP contribution in [0, 0.1) is 5.92 Å². The number of Topliss-reactive ketones (excluding diaryl/α,β-unsaturated/α-hetero) is 2. The highest BCUT2D eigenvalue weighted by molar-refractivity contribution is 6.40. The number of aryl methyl sites for hydroxylation is 2. The van der Waals surface area contributed by atoms with Gasteiger partial charge in [-0.2, -0.15) is 0 Å². The van der Waals surface area contributed by atoms with E-state index in [0.29, 0.717) is 23.3 Å². The lowest BCUT2D eigenvalue weighted by molar-refractivity contribution is -0.907. The summed E-state index contributed by atoms with van der Waals surface area (Å²) in [5.74, 6) is -1.84. The Morgan fingerprint density at radius 1 is 0.836 bits per heavy atom. The first-order valence-electron chi connectivity index (χ1n) is 20.9. The fraction of sp³-hybridized carbons (Fsp3) is 0.417. The number of benzene rings is 3. The molecular weight excluding hydrogens is 817 g/mol. The summed E-state index contributed by atoms with van der Waals surface area (Å²) in [5, 5.41) is 10.6. The van der Waals surface area contributed by atoms with Gasteiger partial charge in [0.25, 0.3) is 0 Å². The number of ether oxygens (including phenoxy) is 2. The van der Waals surface area contributed by atoms with E-state index < -0.39 is 41.4 Å². The van der Waals surface area contributed by atoms with Gasteiger partial charge >= 0.3 is 17.2 Å². The first kappa shape index (κ1) is 45.3. The summed E-state index contributed by atoms with van der Waals surface area (Å²) in [6.45, 7) is 7.37. The largest absolute Gasteiger partial charge is 0.460 e. The molecule has 1 fully saturated rings. The minimum atomic E-state index is -1.17. The number of hydrogen-bond donors (Lipinski definition) is 1. The summed E-state index contributed by atoms with van der Waals surface area (Å²) >= 11 is 12.2. The molecule has 6 rings (SSSR count). The molecule has 2 heterocycles. The van der Waals surface area contributed by atoms with Crippen molar-refractivity contribution in [2.45, 2.75) is 103 Å². The minimum absolute atomic E-state index is 0.0273. The average molecular weight is 872 g/mol. The number of carbonyl (C=O) groups excluding carboxylic acids is 5. The van der Waals surface area contributed by atoms with Gasteiger partial charge in [-0.05, 0) is 91.4 Å². The fourth-order valence-electron chi connectivity index (χ4n) is 8.35. The molecule has 13 heteroatoms. The lowest BCUT2D eigenvalue weighted by Gasteiger charge is -2.35. The molecule has 0 spiro atoms. The Hall–Kier alpha value is -5.26. The monoisotopic (exact) mass is 870 g/mol. The van der Waals surface area contributed by atoms with Crippen LogP contribution >= 0.6 is 23.2 Å². The summed E-state index contributed by atoms with van der Waals surface area (Å²) in [6.07, 6.45) is -0.0625. The normalized spacial score (nSPS) is 16.4. The van der Waals surface area contributed by atoms with Gasteiger partial charge in [-0.3, -0.25) is 29.3 Å². The molecule has 1 saturated heterocycles. The molecule has 1 aliphatic heterocycles. The van der Waals surface area contributed by atoms with Gasteiger partial charge in [0.05, 0.1) is 6.04 Å². The summed E-state index contributed by atoms with van der Waals surface area (Å²) in [6, 6.07) is 26.6. The quantitative estimate of drug-likeness (QED) is 0.0483.